The van der Waals surface area contributed by atoms with Crippen LogP contribution in [-0.2, 0) is 32.7 Å². The number of carbonyl (C=O) groups excluding carboxylic acids is 2. The van der Waals surface area contributed by atoms with Gasteiger partial charge in [0.15, 0.2) is 6.10 Å². The summed E-state index contributed by atoms with van der Waals surface area (Å²) in [7, 11) is -5.12. The Labute approximate surface area is 348 Å². The molecule has 338 valence electrons. The van der Waals surface area contributed by atoms with Crippen molar-refractivity contribution in [1.29, 1.82) is 0 Å². The number of hydrogen-bond acceptors (Lipinski definition) is 12. The summed E-state index contributed by atoms with van der Waals surface area (Å²) in [6.07, 6.45) is 24.9. The van der Waals surface area contributed by atoms with Crippen molar-refractivity contribution < 1.29 is 63.1 Å². The number of allylic oxidation sites excluding steroid dienone is 6. The molecule has 0 aromatic carbocycles. The average Bonchev–Trinajstić information content (AvgIpc) is 3.20. The van der Waals surface area contributed by atoms with Gasteiger partial charge in [-0.2, -0.15) is 0 Å². The van der Waals surface area contributed by atoms with E-state index in [1.54, 1.807) is 0 Å². The molecule has 13 nitrogen and oxygen atoms in total. The fraction of sp³-hybridized carbons (Fsp3) is 0.818. The molecule has 6 unspecified atom stereocenters. The maximum atomic E-state index is 12.8. The summed E-state index contributed by atoms with van der Waals surface area (Å²) in [6, 6.07) is 0. The Kier molecular flexibility index (Phi) is 32.4. The van der Waals surface area contributed by atoms with Crippen molar-refractivity contribution in [1.82, 2.24) is 0 Å². The lowest BCUT2D eigenvalue weighted by Crippen LogP contribution is -2.64. The number of unbranched alkanes of at least 4 members (excludes halogenated alkanes) is 18. The average molecular weight is 847 g/mol. The molecule has 58 heavy (non-hydrogen) atoms. The maximum absolute atomic E-state index is 12.8. The first-order valence-electron chi connectivity index (χ1n) is 22.3. The first kappa shape index (κ1) is 54.1. The number of aliphatic hydroxyl groups excluding tert-OH is 5. The molecule has 0 radical (unpaired) electrons. The van der Waals surface area contributed by atoms with Crippen LogP contribution in [0.2, 0.25) is 0 Å². The number of ether oxygens (including phenoxy) is 2. The summed E-state index contributed by atoms with van der Waals surface area (Å²) >= 11 is 0. The van der Waals surface area contributed by atoms with Crippen LogP contribution in [-0.4, -0.2) is 98.3 Å². The third-order valence-electron chi connectivity index (χ3n) is 10.2. The van der Waals surface area contributed by atoms with Crippen LogP contribution in [0.5, 0.6) is 0 Å². The standard InChI is InChI=1S/C44H79O13P/c1-3-5-7-9-11-13-15-17-18-19-20-21-23-25-27-29-31-33-38(46)56-36(34-54-37(45)32-30-28-26-24-22-16-14-12-10-8-6-4-2)35-55-58(52,53)57-44-42(50)40(48)39(47)41(49)43(44)51/h11-14,17-18,36,39-44,47-51H,3-10,15-16,19-35H2,1-2H3,(H,52,53)/b13-11+,14-12+,18-17+/t36-,39?,40-,41?,42?,43?,44?/m1/s1. The van der Waals surface area contributed by atoms with Crippen molar-refractivity contribution in [3.63, 3.8) is 0 Å². The third kappa shape index (κ3) is 27.0. The number of esters is 2. The highest BCUT2D eigenvalue weighted by atomic mass is 31.2. The Balaban J connectivity index is 2.48. The molecule has 0 spiro atoms. The van der Waals surface area contributed by atoms with E-state index >= 15 is 0 Å². The molecule has 0 bridgehead atoms. The van der Waals surface area contributed by atoms with Crippen LogP contribution >= 0.6 is 7.82 Å². The minimum atomic E-state index is -5.12. The highest BCUT2D eigenvalue weighted by Gasteiger charge is 2.51. The van der Waals surface area contributed by atoms with E-state index in [1.807, 2.05) is 0 Å². The third-order valence-corrected chi connectivity index (χ3v) is 11.2. The van der Waals surface area contributed by atoms with Crippen LogP contribution in [0.1, 0.15) is 174 Å². The summed E-state index contributed by atoms with van der Waals surface area (Å²) in [5.74, 6) is -1.12. The van der Waals surface area contributed by atoms with Gasteiger partial charge in [-0.3, -0.25) is 18.6 Å². The van der Waals surface area contributed by atoms with Gasteiger partial charge in [0.2, 0.25) is 0 Å². The molecule has 6 N–H and O–H groups in total. The van der Waals surface area contributed by atoms with Crippen molar-refractivity contribution in [2.24, 2.45) is 0 Å². The highest BCUT2D eigenvalue weighted by Crippen LogP contribution is 2.47. The Bertz CT molecular complexity index is 1160. The molecule has 0 aliphatic heterocycles. The maximum Gasteiger partial charge on any atom is 0.472 e. The second kappa shape index (κ2) is 34.7. The Morgan fingerprint density at radius 2 is 0.931 bits per heavy atom. The van der Waals surface area contributed by atoms with Gasteiger partial charge in [0.05, 0.1) is 6.61 Å². The van der Waals surface area contributed by atoms with Gasteiger partial charge in [-0.05, 0) is 70.6 Å². The molecule has 1 aliphatic carbocycles. The van der Waals surface area contributed by atoms with E-state index in [0.717, 1.165) is 96.3 Å². The van der Waals surface area contributed by atoms with Gasteiger partial charge in [-0.1, -0.05) is 127 Å². The second-order valence-corrected chi connectivity index (χ2v) is 16.9. The first-order valence-corrected chi connectivity index (χ1v) is 23.8. The zero-order valence-corrected chi connectivity index (χ0v) is 36.5. The molecular formula is C44H79O13P. The smallest absolute Gasteiger partial charge is 0.462 e. The van der Waals surface area contributed by atoms with E-state index in [2.05, 4.69) is 50.3 Å². The van der Waals surface area contributed by atoms with Crippen LogP contribution in [0.3, 0.4) is 0 Å². The zero-order chi connectivity index (χ0) is 42.9. The van der Waals surface area contributed by atoms with Crippen molar-refractivity contribution in [3.8, 4) is 0 Å². The van der Waals surface area contributed by atoms with E-state index in [-0.39, 0.29) is 12.8 Å². The lowest BCUT2D eigenvalue weighted by molar-refractivity contribution is -0.220. The van der Waals surface area contributed by atoms with Crippen molar-refractivity contribution in [2.45, 2.75) is 217 Å². The van der Waals surface area contributed by atoms with Crippen LogP contribution in [0.25, 0.3) is 0 Å². The van der Waals surface area contributed by atoms with E-state index in [1.165, 1.54) is 38.5 Å². The normalized spacial score (nSPS) is 22.8. The lowest BCUT2D eigenvalue weighted by Gasteiger charge is -2.41. The molecule has 14 heteroatoms. The predicted molar refractivity (Wildman–Crippen MR) is 226 cm³/mol. The molecule has 8 atom stereocenters. The molecule has 0 saturated heterocycles. The summed E-state index contributed by atoms with van der Waals surface area (Å²) in [6.45, 7) is 3.22. The van der Waals surface area contributed by atoms with E-state index in [0.29, 0.717) is 12.8 Å². The summed E-state index contributed by atoms with van der Waals surface area (Å²) < 4.78 is 33.5. The van der Waals surface area contributed by atoms with Crippen LogP contribution in [0.15, 0.2) is 36.5 Å². The van der Waals surface area contributed by atoms with Gasteiger partial charge in [-0.25, -0.2) is 4.57 Å². The van der Waals surface area contributed by atoms with Crippen LogP contribution < -0.4 is 0 Å². The van der Waals surface area contributed by atoms with E-state index < -0.39 is 75.7 Å². The molecular weight excluding hydrogens is 767 g/mol. The first-order chi connectivity index (χ1) is 27.9. The molecule has 1 saturated carbocycles. The largest absolute Gasteiger partial charge is 0.472 e. The quantitative estimate of drug-likeness (QED) is 0.0152. The van der Waals surface area contributed by atoms with Crippen LogP contribution in [0.4, 0.5) is 0 Å². The molecule has 1 fully saturated rings. The molecule has 0 amide bonds. The molecule has 0 aromatic rings. The molecule has 1 aliphatic rings. The van der Waals surface area contributed by atoms with Gasteiger partial charge in [0, 0.05) is 12.8 Å². The predicted octanol–water partition coefficient (Wildman–Crippen LogP) is 8.22. The van der Waals surface area contributed by atoms with Gasteiger partial charge in [0.25, 0.3) is 0 Å². The van der Waals surface area contributed by atoms with Crippen molar-refractivity contribution >= 4 is 19.8 Å². The fourth-order valence-corrected chi connectivity index (χ4v) is 7.52. The lowest BCUT2D eigenvalue weighted by atomic mass is 9.85. The number of aliphatic hydroxyl groups is 5. The number of phosphoric ester groups is 1. The topological polar surface area (TPSA) is 210 Å². The number of hydrogen-bond donors (Lipinski definition) is 6. The summed E-state index contributed by atoms with van der Waals surface area (Å²) in [5.41, 5.74) is 0. The number of phosphoric acid groups is 1. The van der Waals surface area contributed by atoms with E-state index in [4.69, 9.17) is 18.5 Å². The molecule has 1 rings (SSSR count). The Hall–Kier alpha value is -1.93. The van der Waals surface area contributed by atoms with Gasteiger partial charge >= 0.3 is 19.8 Å². The summed E-state index contributed by atoms with van der Waals surface area (Å²) in [4.78, 5) is 35.6. The molecule has 0 heterocycles. The second-order valence-electron chi connectivity index (χ2n) is 15.5. The van der Waals surface area contributed by atoms with E-state index in [9.17, 15) is 44.6 Å². The minimum absolute atomic E-state index is 0.0861. The van der Waals surface area contributed by atoms with Gasteiger partial charge in [0.1, 0.15) is 43.2 Å². The SMILES string of the molecule is CCCCC/C=C/C/C=C/CCCCCCCCCC(=O)O[C@H](COC(=O)CCCCCCC/C=C/CCCCC)COP(=O)(O)OC1C(O)C(O)C(O)[C@@H](O)C1O. The van der Waals surface area contributed by atoms with Gasteiger partial charge < -0.3 is 39.9 Å². The van der Waals surface area contributed by atoms with Crippen LogP contribution in [0, 0.1) is 0 Å². The summed E-state index contributed by atoms with van der Waals surface area (Å²) in [5, 5.41) is 50.1. The highest BCUT2D eigenvalue weighted by molar-refractivity contribution is 7.47. The zero-order valence-electron chi connectivity index (χ0n) is 35.6. The number of rotatable bonds is 36. The Morgan fingerprint density at radius 3 is 1.41 bits per heavy atom. The van der Waals surface area contributed by atoms with Crippen molar-refractivity contribution in [2.75, 3.05) is 13.2 Å². The minimum Gasteiger partial charge on any atom is -0.462 e. The molecule has 0 aromatic heterocycles. The fourth-order valence-electron chi connectivity index (χ4n) is 6.55. The van der Waals surface area contributed by atoms with Gasteiger partial charge in [-0.15, -0.1) is 0 Å². The van der Waals surface area contributed by atoms with Crippen molar-refractivity contribution in [3.05, 3.63) is 36.5 Å². The Morgan fingerprint density at radius 1 is 0.534 bits per heavy atom. The monoisotopic (exact) mass is 847 g/mol. The number of carbonyl (C=O) groups is 2.